The van der Waals surface area contributed by atoms with Gasteiger partial charge in [0.05, 0.1) is 5.88 Å². The zero-order valence-corrected chi connectivity index (χ0v) is 13.8. The lowest BCUT2D eigenvalue weighted by atomic mass is 10.2. The van der Waals surface area contributed by atoms with E-state index in [-0.39, 0.29) is 12.0 Å². The maximum Gasteiger partial charge on any atom is 0.244 e. The topological polar surface area (TPSA) is 42.3 Å². The summed E-state index contributed by atoms with van der Waals surface area (Å²) in [5.74, 6) is 0.589. The fourth-order valence-electron chi connectivity index (χ4n) is 1.93. The van der Waals surface area contributed by atoms with E-state index >= 15 is 0 Å². The molecule has 0 saturated heterocycles. The van der Waals surface area contributed by atoms with Gasteiger partial charge in [-0.3, -0.25) is 0 Å². The Morgan fingerprint density at radius 2 is 1.89 bits per heavy atom. The molecule has 0 aliphatic rings. The number of sulfonamides is 1. The predicted octanol–water partition coefficient (Wildman–Crippen LogP) is 2.82. The van der Waals surface area contributed by atoms with Crippen LogP contribution in [0.4, 0.5) is 0 Å². The molecule has 0 N–H and O–H groups in total. The maximum atomic E-state index is 12.7. The summed E-state index contributed by atoms with van der Waals surface area (Å²) in [6.07, 6.45) is 1.63. The number of aryl methyl sites for hydroxylation is 1. The van der Waals surface area contributed by atoms with Crippen molar-refractivity contribution in [2.75, 3.05) is 6.54 Å². The van der Waals surface area contributed by atoms with Crippen LogP contribution in [0.5, 0.6) is 0 Å². The van der Waals surface area contributed by atoms with Gasteiger partial charge in [-0.05, 0) is 25.8 Å². The van der Waals surface area contributed by atoms with E-state index in [2.05, 4.69) is 0 Å². The molecule has 0 unspecified atom stereocenters. The van der Waals surface area contributed by atoms with E-state index in [4.69, 9.17) is 11.6 Å². The van der Waals surface area contributed by atoms with E-state index in [9.17, 15) is 8.42 Å². The van der Waals surface area contributed by atoms with E-state index in [0.29, 0.717) is 17.3 Å². The van der Waals surface area contributed by atoms with Crippen molar-refractivity contribution < 1.29 is 8.42 Å². The summed E-state index contributed by atoms with van der Waals surface area (Å²) in [7, 11) is -1.65. The van der Waals surface area contributed by atoms with Gasteiger partial charge in [0.1, 0.15) is 4.90 Å². The third-order valence-electron chi connectivity index (χ3n) is 2.95. The van der Waals surface area contributed by atoms with Crippen LogP contribution in [0.3, 0.4) is 0 Å². The van der Waals surface area contributed by atoms with Crippen LogP contribution in [0, 0.1) is 5.92 Å². The molecule has 0 radical (unpaired) electrons. The molecule has 6 heteroatoms. The van der Waals surface area contributed by atoms with Crippen molar-refractivity contribution in [3.63, 3.8) is 0 Å². The van der Waals surface area contributed by atoms with E-state index in [1.165, 1.54) is 0 Å². The monoisotopic (exact) mass is 306 g/mol. The molecule has 0 aromatic carbocycles. The van der Waals surface area contributed by atoms with E-state index in [1.807, 2.05) is 27.7 Å². The highest BCUT2D eigenvalue weighted by molar-refractivity contribution is 7.89. The molecule has 1 aromatic heterocycles. The molecule has 0 amide bonds. The zero-order valence-electron chi connectivity index (χ0n) is 12.2. The van der Waals surface area contributed by atoms with E-state index in [1.54, 1.807) is 28.2 Å². The number of aromatic nitrogens is 1. The summed E-state index contributed by atoms with van der Waals surface area (Å²) in [5, 5.41) is 0. The third-order valence-corrected chi connectivity index (χ3v) is 5.23. The Kier molecular flexibility index (Phi) is 5.47. The van der Waals surface area contributed by atoms with Crippen molar-refractivity contribution >= 4 is 21.6 Å². The van der Waals surface area contributed by atoms with Gasteiger partial charge in [-0.15, -0.1) is 11.6 Å². The molecular formula is C13H23ClN2O2S. The number of nitrogens with zero attached hydrogens (tertiary/aromatic N) is 2. The lowest BCUT2D eigenvalue weighted by Gasteiger charge is -2.27. The van der Waals surface area contributed by atoms with Crippen LogP contribution in [0.2, 0.25) is 0 Å². The average Bonchev–Trinajstić information content (AvgIpc) is 2.67. The molecule has 1 rings (SSSR count). The fraction of sp³-hybridized carbons (Fsp3) is 0.692. The molecule has 0 fully saturated rings. The first kappa shape index (κ1) is 16.5. The largest absolute Gasteiger partial charge is 0.352 e. The number of hydrogen-bond donors (Lipinski definition) is 0. The first-order valence-electron chi connectivity index (χ1n) is 6.43. The van der Waals surface area contributed by atoms with Gasteiger partial charge in [0.2, 0.25) is 10.0 Å². The highest BCUT2D eigenvalue weighted by atomic mass is 35.5. The second-order valence-electron chi connectivity index (χ2n) is 5.47. The summed E-state index contributed by atoms with van der Waals surface area (Å²) in [5.41, 5.74) is 0.800. The van der Waals surface area contributed by atoms with Crippen LogP contribution >= 0.6 is 11.6 Å². The standard InChI is InChI=1S/C13H23ClN2O2S/c1-10(2)8-16(11(3)4)19(17,18)13-6-12(7-14)15(5)9-13/h6,9-11H,7-8H2,1-5H3. The Bertz CT molecular complexity index is 521. The van der Waals surface area contributed by atoms with E-state index < -0.39 is 10.0 Å². The summed E-state index contributed by atoms with van der Waals surface area (Å²) in [4.78, 5) is 0.319. The quantitative estimate of drug-likeness (QED) is 0.758. The fourth-order valence-corrected chi connectivity index (χ4v) is 4.09. The smallest absolute Gasteiger partial charge is 0.244 e. The van der Waals surface area contributed by atoms with Gasteiger partial charge >= 0.3 is 0 Å². The van der Waals surface area contributed by atoms with Gasteiger partial charge in [0, 0.05) is 31.5 Å². The highest BCUT2D eigenvalue weighted by Gasteiger charge is 2.28. The minimum Gasteiger partial charge on any atom is -0.352 e. The molecule has 1 aromatic rings. The van der Waals surface area contributed by atoms with Gasteiger partial charge in [0.25, 0.3) is 0 Å². The third kappa shape index (κ3) is 3.74. The molecule has 19 heavy (non-hydrogen) atoms. The zero-order chi connectivity index (χ0) is 14.8. The minimum absolute atomic E-state index is 0.0629. The Balaban J connectivity index is 3.18. The van der Waals surface area contributed by atoms with Crippen molar-refractivity contribution in [1.29, 1.82) is 0 Å². The molecule has 4 nitrogen and oxygen atoms in total. The summed E-state index contributed by atoms with van der Waals surface area (Å²) >= 11 is 5.79. The Labute approximate surface area is 121 Å². The van der Waals surface area contributed by atoms with Crippen molar-refractivity contribution in [2.24, 2.45) is 13.0 Å². The van der Waals surface area contributed by atoms with Crippen LogP contribution in [0.15, 0.2) is 17.2 Å². The Morgan fingerprint density at radius 1 is 1.32 bits per heavy atom. The molecular weight excluding hydrogens is 284 g/mol. The Hall–Kier alpha value is -0.520. The Morgan fingerprint density at radius 3 is 2.26 bits per heavy atom. The first-order valence-corrected chi connectivity index (χ1v) is 8.40. The van der Waals surface area contributed by atoms with Gasteiger partial charge < -0.3 is 4.57 Å². The van der Waals surface area contributed by atoms with Gasteiger partial charge in [-0.1, -0.05) is 13.8 Å². The highest BCUT2D eigenvalue weighted by Crippen LogP contribution is 2.22. The summed E-state index contributed by atoms with van der Waals surface area (Å²) in [6, 6.07) is 1.59. The first-order chi connectivity index (χ1) is 8.70. The van der Waals surface area contributed by atoms with Crippen LogP contribution < -0.4 is 0 Å². The SMILES string of the molecule is CC(C)CN(C(C)C)S(=O)(=O)c1cc(CCl)n(C)c1. The molecule has 0 bridgehead atoms. The number of alkyl halides is 1. The average molecular weight is 307 g/mol. The predicted molar refractivity (Wildman–Crippen MR) is 78.8 cm³/mol. The lowest BCUT2D eigenvalue weighted by molar-refractivity contribution is 0.319. The molecule has 110 valence electrons. The second-order valence-corrected chi connectivity index (χ2v) is 7.63. The van der Waals surface area contributed by atoms with Crippen molar-refractivity contribution in [3.8, 4) is 0 Å². The number of halogens is 1. The van der Waals surface area contributed by atoms with Gasteiger partial charge in [-0.25, -0.2) is 8.42 Å². The molecule has 0 spiro atoms. The molecule has 0 aliphatic carbocycles. The molecule has 0 saturated carbocycles. The maximum absolute atomic E-state index is 12.7. The van der Waals surface area contributed by atoms with Crippen molar-refractivity contribution in [3.05, 3.63) is 18.0 Å². The molecule has 0 atom stereocenters. The molecule has 1 heterocycles. The normalized spacial score (nSPS) is 12.9. The lowest BCUT2D eigenvalue weighted by Crippen LogP contribution is -2.39. The summed E-state index contributed by atoms with van der Waals surface area (Å²) < 4.78 is 28.6. The van der Waals surface area contributed by atoms with Gasteiger partial charge in [-0.2, -0.15) is 4.31 Å². The minimum atomic E-state index is -3.45. The van der Waals surface area contributed by atoms with Crippen LogP contribution in [-0.2, 0) is 23.0 Å². The van der Waals surface area contributed by atoms with Gasteiger partial charge in [0.15, 0.2) is 0 Å². The van der Waals surface area contributed by atoms with Crippen molar-refractivity contribution in [2.45, 2.75) is 44.5 Å². The number of rotatable bonds is 6. The summed E-state index contributed by atoms with van der Waals surface area (Å²) in [6.45, 7) is 8.34. The second kappa shape index (κ2) is 6.29. The molecule has 0 aliphatic heterocycles. The van der Waals surface area contributed by atoms with Crippen molar-refractivity contribution in [1.82, 2.24) is 8.87 Å². The van der Waals surface area contributed by atoms with Crippen LogP contribution in [0.1, 0.15) is 33.4 Å². The number of hydrogen-bond acceptors (Lipinski definition) is 2. The van der Waals surface area contributed by atoms with E-state index in [0.717, 1.165) is 5.69 Å². The van der Waals surface area contributed by atoms with Crippen LogP contribution in [-0.4, -0.2) is 29.9 Å². The van der Waals surface area contributed by atoms with Crippen LogP contribution in [0.25, 0.3) is 0 Å².